The average Bonchev–Trinajstić information content (AvgIpc) is 2.04. The summed E-state index contributed by atoms with van der Waals surface area (Å²) in [5.74, 6) is 0. The van der Waals surface area contributed by atoms with Crippen LogP contribution in [0.3, 0.4) is 0 Å². The Morgan fingerprint density at radius 3 is 2.75 bits per heavy atom. The summed E-state index contributed by atoms with van der Waals surface area (Å²) in [6.45, 7) is 0.395. The van der Waals surface area contributed by atoms with Gasteiger partial charge in [0.1, 0.15) is 6.26 Å². The maximum Gasteiger partial charge on any atom is 0.158 e. The molecule has 1 atom stereocenters. The van der Waals surface area contributed by atoms with Gasteiger partial charge in [0, 0.05) is 23.2 Å². The number of benzene rings is 1. The van der Waals surface area contributed by atoms with Crippen LogP contribution in [0.4, 0.5) is 0 Å². The fourth-order valence-electron chi connectivity index (χ4n) is 0.965. The molecule has 1 aromatic rings. The van der Waals surface area contributed by atoms with Crippen LogP contribution < -0.4 is 5.73 Å². The third-order valence-electron chi connectivity index (χ3n) is 1.56. The van der Waals surface area contributed by atoms with Crippen LogP contribution in [0.25, 0.3) is 0 Å². The first-order chi connectivity index (χ1) is 5.65. The van der Waals surface area contributed by atoms with Gasteiger partial charge in [0.25, 0.3) is 0 Å². The van der Waals surface area contributed by atoms with E-state index in [0.717, 1.165) is 10.5 Å². The summed E-state index contributed by atoms with van der Waals surface area (Å²) < 4.78 is 11.2. The highest BCUT2D eigenvalue weighted by molar-refractivity contribution is 7.90. The Balaban J connectivity index is 3.12. The molecule has 0 amide bonds. The molecule has 0 radical (unpaired) electrons. The van der Waals surface area contributed by atoms with Crippen molar-refractivity contribution in [3.8, 4) is 0 Å². The van der Waals surface area contributed by atoms with Gasteiger partial charge in [-0.2, -0.15) is 0 Å². The molecule has 2 nitrogen and oxygen atoms in total. The van der Waals surface area contributed by atoms with Crippen LogP contribution in [0, 0.1) is 0 Å². The van der Waals surface area contributed by atoms with Gasteiger partial charge in [-0.15, -0.1) is 0 Å². The van der Waals surface area contributed by atoms with Crippen molar-refractivity contribution in [2.45, 2.75) is 11.4 Å². The Morgan fingerprint density at radius 1 is 1.58 bits per heavy atom. The Morgan fingerprint density at radius 2 is 2.25 bits per heavy atom. The normalized spacial score (nSPS) is 13.0. The highest BCUT2D eigenvalue weighted by atomic mass is 35.5. The van der Waals surface area contributed by atoms with Gasteiger partial charge in [0.05, 0.1) is 0 Å². The van der Waals surface area contributed by atoms with Gasteiger partial charge in [-0.05, 0) is 17.2 Å². The van der Waals surface area contributed by atoms with Crippen molar-refractivity contribution in [3.63, 3.8) is 0 Å². The van der Waals surface area contributed by atoms with E-state index in [4.69, 9.17) is 17.3 Å². The second-order valence-corrected chi connectivity index (χ2v) is 4.19. The monoisotopic (exact) mass is 203 g/mol. The molecule has 1 aromatic carbocycles. The summed E-state index contributed by atoms with van der Waals surface area (Å²) in [6, 6.07) is 5.25. The topological polar surface area (TPSA) is 49.1 Å². The van der Waals surface area contributed by atoms with E-state index >= 15 is 0 Å². The number of nitrogens with two attached hydrogens (primary N) is 1. The largest absolute Gasteiger partial charge is 0.612 e. The van der Waals surface area contributed by atoms with E-state index < -0.39 is 11.2 Å². The molecular weight excluding hydrogens is 194 g/mol. The molecule has 2 N–H and O–H groups in total. The van der Waals surface area contributed by atoms with Crippen molar-refractivity contribution < 1.29 is 4.55 Å². The minimum Gasteiger partial charge on any atom is -0.612 e. The molecule has 0 aliphatic carbocycles. The maximum absolute atomic E-state index is 11.2. The van der Waals surface area contributed by atoms with Gasteiger partial charge in [-0.25, -0.2) is 0 Å². The molecule has 0 fully saturated rings. The zero-order valence-corrected chi connectivity index (χ0v) is 8.28. The third-order valence-corrected chi connectivity index (χ3v) is 2.79. The molecule has 0 aromatic heterocycles. The van der Waals surface area contributed by atoms with Gasteiger partial charge >= 0.3 is 0 Å². The van der Waals surface area contributed by atoms with Crippen molar-refractivity contribution in [1.29, 1.82) is 0 Å². The first-order valence-electron chi connectivity index (χ1n) is 3.47. The summed E-state index contributed by atoms with van der Waals surface area (Å²) in [5.41, 5.74) is 6.35. The molecule has 0 saturated carbocycles. The van der Waals surface area contributed by atoms with Crippen molar-refractivity contribution in [3.05, 3.63) is 28.8 Å². The fraction of sp³-hybridized carbons (Fsp3) is 0.250. The van der Waals surface area contributed by atoms with E-state index in [9.17, 15) is 4.55 Å². The standard InChI is InChI=1S/C8H10ClNOS/c1-12(11)8-4-7(9)3-2-6(8)5-10/h2-4H,5,10H2,1H3. The van der Waals surface area contributed by atoms with Crippen LogP contribution in [0.5, 0.6) is 0 Å². The van der Waals surface area contributed by atoms with Crippen LogP contribution in [0.15, 0.2) is 23.1 Å². The first kappa shape index (κ1) is 9.86. The highest BCUT2D eigenvalue weighted by Gasteiger charge is 2.10. The summed E-state index contributed by atoms with van der Waals surface area (Å²) >= 11 is 4.73. The van der Waals surface area contributed by atoms with Gasteiger partial charge in [-0.1, -0.05) is 17.7 Å². The SMILES string of the molecule is C[S+]([O-])c1cc(Cl)ccc1CN. The highest BCUT2D eigenvalue weighted by Crippen LogP contribution is 2.20. The summed E-state index contributed by atoms with van der Waals surface area (Å²) in [5, 5.41) is 0.595. The number of hydrogen-bond donors (Lipinski definition) is 1. The molecular formula is C8H10ClNOS. The van der Waals surface area contributed by atoms with Gasteiger partial charge in [0.2, 0.25) is 0 Å². The molecule has 0 saturated heterocycles. The summed E-state index contributed by atoms with van der Waals surface area (Å²) in [7, 11) is 0. The lowest BCUT2D eigenvalue weighted by molar-refractivity contribution is 0.599. The van der Waals surface area contributed by atoms with Crippen molar-refractivity contribution in [2.75, 3.05) is 6.26 Å². The molecule has 0 spiro atoms. The van der Waals surface area contributed by atoms with Crippen LogP contribution in [-0.4, -0.2) is 10.8 Å². The second kappa shape index (κ2) is 4.14. The van der Waals surface area contributed by atoms with E-state index in [1.165, 1.54) is 0 Å². The molecule has 1 rings (SSSR count). The van der Waals surface area contributed by atoms with E-state index in [2.05, 4.69) is 0 Å². The van der Waals surface area contributed by atoms with Gasteiger partial charge in [0.15, 0.2) is 4.90 Å². The van der Waals surface area contributed by atoms with Crippen LogP contribution in [0.1, 0.15) is 5.56 Å². The average molecular weight is 204 g/mol. The van der Waals surface area contributed by atoms with E-state index in [-0.39, 0.29) is 0 Å². The van der Waals surface area contributed by atoms with E-state index in [1.54, 1.807) is 24.5 Å². The Labute approximate surface area is 79.9 Å². The minimum absolute atomic E-state index is 0.395. The fourth-order valence-corrected chi connectivity index (χ4v) is 2.01. The summed E-state index contributed by atoms with van der Waals surface area (Å²) in [6.07, 6.45) is 1.62. The maximum atomic E-state index is 11.2. The Bertz CT molecular complexity index is 278. The van der Waals surface area contributed by atoms with Crippen LogP contribution in [-0.2, 0) is 17.7 Å². The van der Waals surface area contributed by atoms with Gasteiger partial charge < -0.3 is 10.3 Å². The van der Waals surface area contributed by atoms with E-state index in [1.807, 2.05) is 0 Å². The Hall–Kier alpha value is -0.220. The predicted octanol–water partition coefficient (Wildman–Crippen LogP) is 1.54. The minimum atomic E-state index is -1.02. The number of halogens is 1. The summed E-state index contributed by atoms with van der Waals surface area (Å²) in [4.78, 5) is 0.727. The molecule has 4 heteroatoms. The number of rotatable bonds is 2. The van der Waals surface area contributed by atoms with Gasteiger partial charge in [-0.3, -0.25) is 0 Å². The molecule has 0 bridgehead atoms. The quantitative estimate of drug-likeness (QED) is 0.742. The third kappa shape index (κ3) is 2.14. The molecule has 1 unspecified atom stereocenters. The number of hydrogen-bond acceptors (Lipinski definition) is 2. The molecule has 0 aliphatic rings. The van der Waals surface area contributed by atoms with Crippen molar-refractivity contribution >= 4 is 22.8 Å². The molecule has 12 heavy (non-hydrogen) atoms. The van der Waals surface area contributed by atoms with Crippen LogP contribution >= 0.6 is 11.6 Å². The zero-order chi connectivity index (χ0) is 9.14. The lowest BCUT2D eigenvalue weighted by Crippen LogP contribution is -2.06. The molecule has 0 heterocycles. The van der Waals surface area contributed by atoms with Crippen molar-refractivity contribution in [2.24, 2.45) is 5.73 Å². The van der Waals surface area contributed by atoms with E-state index in [0.29, 0.717) is 11.6 Å². The molecule has 66 valence electrons. The Kier molecular flexibility index (Phi) is 3.40. The van der Waals surface area contributed by atoms with Crippen LogP contribution in [0.2, 0.25) is 5.02 Å². The predicted molar refractivity (Wildman–Crippen MR) is 51.7 cm³/mol. The zero-order valence-electron chi connectivity index (χ0n) is 6.71. The lowest BCUT2D eigenvalue weighted by atomic mass is 10.2. The smallest absolute Gasteiger partial charge is 0.158 e. The lowest BCUT2D eigenvalue weighted by Gasteiger charge is -2.08. The second-order valence-electron chi connectivity index (χ2n) is 2.41. The van der Waals surface area contributed by atoms with Crippen molar-refractivity contribution in [1.82, 2.24) is 0 Å². The molecule has 0 aliphatic heterocycles. The first-order valence-corrected chi connectivity index (χ1v) is 5.40.